The Morgan fingerprint density at radius 3 is 2.53 bits per heavy atom. The molecular formula is C19H13F5N6. The summed E-state index contributed by atoms with van der Waals surface area (Å²) in [6.45, 7) is 0.0591. The molecule has 3 aromatic heterocycles. The van der Waals surface area contributed by atoms with Gasteiger partial charge in [0.2, 0.25) is 5.95 Å². The Morgan fingerprint density at radius 2 is 1.87 bits per heavy atom. The second-order valence-electron chi connectivity index (χ2n) is 6.43. The molecule has 6 nitrogen and oxygen atoms in total. The molecule has 0 bridgehead atoms. The third kappa shape index (κ3) is 3.59. The van der Waals surface area contributed by atoms with E-state index in [1.54, 1.807) is 7.05 Å². The van der Waals surface area contributed by atoms with E-state index in [1.807, 2.05) is 0 Å². The quantitative estimate of drug-likeness (QED) is 0.384. The fraction of sp³-hybridized carbons (Fsp3) is 0.158. The lowest BCUT2D eigenvalue weighted by atomic mass is 10.0. The van der Waals surface area contributed by atoms with Crippen molar-refractivity contribution in [1.82, 2.24) is 30.5 Å². The number of alkyl halides is 3. The molecule has 11 heteroatoms. The van der Waals surface area contributed by atoms with Crippen LogP contribution in [0.4, 0.5) is 22.0 Å². The molecular weight excluding hydrogens is 407 g/mol. The number of benzene rings is 1. The van der Waals surface area contributed by atoms with Crippen molar-refractivity contribution in [2.75, 3.05) is 7.05 Å². The lowest BCUT2D eigenvalue weighted by Gasteiger charge is -2.15. The number of aromatic nitrogens is 5. The van der Waals surface area contributed by atoms with Crippen LogP contribution < -0.4 is 5.32 Å². The highest BCUT2D eigenvalue weighted by Gasteiger charge is 2.36. The third-order valence-electron chi connectivity index (χ3n) is 4.36. The van der Waals surface area contributed by atoms with Crippen molar-refractivity contribution in [3.63, 3.8) is 0 Å². The molecule has 0 unspecified atom stereocenters. The van der Waals surface area contributed by atoms with E-state index in [0.29, 0.717) is 11.1 Å². The molecule has 0 aliphatic carbocycles. The Bertz CT molecular complexity index is 1220. The predicted octanol–water partition coefficient (Wildman–Crippen LogP) is 4.10. The van der Waals surface area contributed by atoms with E-state index in [1.165, 1.54) is 18.5 Å². The molecule has 30 heavy (non-hydrogen) atoms. The summed E-state index contributed by atoms with van der Waals surface area (Å²) in [7, 11) is 1.54. The minimum absolute atomic E-state index is 0.0591. The van der Waals surface area contributed by atoms with Crippen molar-refractivity contribution in [1.29, 1.82) is 0 Å². The van der Waals surface area contributed by atoms with E-state index in [9.17, 15) is 22.0 Å². The van der Waals surface area contributed by atoms with Gasteiger partial charge in [0.05, 0.1) is 17.3 Å². The van der Waals surface area contributed by atoms with Crippen LogP contribution in [0.3, 0.4) is 0 Å². The molecule has 0 aliphatic heterocycles. The van der Waals surface area contributed by atoms with Crippen LogP contribution in [0.5, 0.6) is 0 Å². The highest BCUT2D eigenvalue weighted by Crippen LogP contribution is 2.39. The number of nitrogens with one attached hydrogen (secondary N) is 2. The normalized spacial score (nSPS) is 11.9. The summed E-state index contributed by atoms with van der Waals surface area (Å²) >= 11 is 0. The first kappa shape index (κ1) is 19.8. The molecule has 4 aromatic rings. The number of pyridine rings is 1. The Hall–Kier alpha value is -3.47. The Labute approximate surface area is 166 Å². The van der Waals surface area contributed by atoms with E-state index in [2.05, 4.69) is 30.5 Å². The van der Waals surface area contributed by atoms with Crippen LogP contribution in [0.1, 0.15) is 11.1 Å². The van der Waals surface area contributed by atoms with Crippen LogP contribution in [0.15, 0.2) is 36.7 Å². The lowest BCUT2D eigenvalue weighted by Crippen LogP contribution is -2.13. The van der Waals surface area contributed by atoms with Gasteiger partial charge < -0.3 is 5.32 Å². The maximum Gasteiger partial charge on any atom is 0.417 e. The van der Waals surface area contributed by atoms with Crippen LogP contribution in [-0.2, 0) is 12.7 Å². The molecule has 4 rings (SSSR count). The van der Waals surface area contributed by atoms with Gasteiger partial charge in [-0.1, -0.05) is 0 Å². The van der Waals surface area contributed by atoms with Gasteiger partial charge in [-0.3, -0.25) is 5.10 Å². The van der Waals surface area contributed by atoms with Crippen LogP contribution in [0.25, 0.3) is 33.7 Å². The number of nitrogens with zero attached hydrogens (tertiary/aromatic N) is 4. The summed E-state index contributed by atoms with van der Waals surface area (Å²) in [5, 5.41) is 9.38. The van der Waals surface area contributed by atoms with Crippen molar-refractivity contribution in [2.45, 2.75) is 12.7 Å². The van der Waals surface area contributed by atoms with Crippen LogP contribution in [-0.4, -0.2) is 32.2 Å². The average Bonchev–Trinajstić information content (AvgIpc) is 3.11. The van der Waals surface area contributed by atoms with Gasteiger partial charge >= 0.3 is 6.18 Å². The summed E-state index contributed by atoms with van der Waals surface area (Å²) in [5.41, 5.74) is -0.725. The molecule has 0 atom stereocenters. The van der Waals surface area contributed by atoms with Crippen molar-refractivity contribution in [3.05, 3.63) is 59.6 Å². The fourth-order valence-electron chi connectivity index (χ4n) is 3.07. The zero-order valence-electron chi connectivity index (χ0n) is 15.3. The van der Waals surface area contributed by atoms with Crippen molar-refractivity contribution in [2.24, 2.45) is 0 Å². The van der Waals surface area contributed by atoms with Gasteiger partial charge in [-0.05, 0) is 36.9 Å². The molecule has 3 heterocycles. The van der Waals surface area contributed by atoms with Crippen molar-refractivity contribution >= 4 is 11.0 Å². The summed E-state index contributed by atoms with van der Waals surface area (Å²) in [5.74, 6) is -2.24. The summed E-state index contributed by atoms with van der Waals surface area (Å²) in [6, 6.07) is 4.38. The zero-order chi connectivity index (χ0) is 21.5. The molecule has 1 aromatic carbocycles. The van der Waals surface area contributed by atoms with Gasteiger partial charge in [-0.25, -0.2) is 19.3 Å². The standard InChI is InChI=1S/C19H13F5N6/c1-25-6-9-4-11(19(22,23)24)15(12(20)5-9)18-27-8-13-17(28-18)16(30-29-13)10-2-3-14(21)26-7-10/h2-5,7-8,25H,6H2,1H3,(H,29,30). The van der Waals surface area contributed by atoms with Crippen LogP contribution in [0, 0.1) is 11.8 Å². The van der Waals surface area contributed by atoms with Gasteiger partial charge in [0.15, 0.2) is 5.82 Å². The van der Waals surface area contributed by atoms with E-state index in [4.69, 9.17) is 0 Å². The molecule has 154 valence electrons. The smallest absolute Gasteiger partial charge is 0.316 e. The highest BCUT2D eigenvalue weighted by atomic mass is 19.4. The van der Waals surface area contributed by atoms with Gasteiger partial charge in [0, 0.05) is 18.3 Å². The van der Waals surface area contributed by atoms with E-state index < -0.39 is 34.9 Å². The fourth-order valence-corrected chi connectivity index (χ4v) is 3.07. The van der Waals surface area contributed by atoms with Crippen molar-refractivity contribution < 1.29 is 22.0 Å². The molecule has 0 spiro atoms. The number of rotatable bonds is 4. The first-order valence-electron chi connectivity index (χ1n) is 8.65. The number of hydrogen-bond donors (Lipinski definition) is 2. The monoisotopic (exact) mass is 420 g/mol. The Balaban J connectivity index is 1.92. The Morgan fingerprint density at radius 1 is 1.07 bits per heavy atom. The second-order valence-corrected chi connectivity index (χ2v) is 6.43. The molecule has 0 aliphatic rings. The summed E-state index contributed by atoms with van der Waals surface area (Å²) in [6.07, 6.45) is -2.40. The number of halogens is 5. The van der Waals surface area contributed by atoms with Gasteiger partial charge in [0.25, 0.3) is 0 Å². The van der Waals surface area contributed by atoms with Crippen molar-refractivity contribution in [3.8, 4) is 22.6 Å². The number of hydrogen-bond acceptors (Lipinski definition) is 5. The van der Waals surface area contributed by atoms with E-state index >= 15 is 0 Å². The molecule has 0 saturated heterocycles. The summed E-state index contributed by atoms with van der Waals surface area (Å²) in [4.78, 5) is 11.6. The topological polar surface area (TPSA) is 79.4 Å². The zero-order valence-corrected chi connectivity index (χ0v) is 15.3. The van der Waals surface area contributed by atoms with Gasteiger partial charge in [0.1, 0.15) is 22.5 Å². The van der Waals surface area contributed by atoms with Crippen LogP contribution >= 0.6 is 0 Å². The molecule has 0 amide bonds. The lowest BCUT2D eigenvalue weighted by molar-refractivity contribution is -0.137. The minimum Gasteiger partial charge on any atom is -0.316 e. The average molecular weight is 420 g/mol. The number of aromatic amines is 1. The molecule has 0 radical (unpaired) electrons. The van der Waals surface area contributed by atoms with Gasteiger partial charge in [-0.15, -0.1) is 0 Å². The first-order valence-corrected chi connectivity index (χ1v) is 8.65. The minimum atomic E-state index is -4.82. The Kier molecular flexibility index (Phi) is 4.90. The van der Waals surface area contributed by atoms with E-state index in [-0.39, 0.29) is 23.3 Å². The molecule has 0 saturated carbocycles. The predicted molar refractivity (Wildman–Crippen MR) is 98.0 cm³/mol. The first-order chi connectivity index (χ1) is 14.3. The number of fused-ring (bicyclic) bond motifs is 1. The SMILES string of the molecule is CNCc1cc(F)c(-c2ncc3[nH]nc(-c4ccc(F)nc4)c3n2)c(C(F)(F)F)c1. The molecule has 0 fully saturated rings. The number of H-pyrrole nitrogens is 1. The second kappa shape index (κ2) is 7.41. The van der Waals surface area contributed by atoms with Crippen LogP contribution in [0.2, 0.25) is 0 Å². The maximum atomic E-state index is 14.8. The highest BCUT2D eigenvalue weighted by molar-refractivity contribution is 5.90. The maximum absolute atomic E-state index is 14.8. The third-order valence-corrected chi connectivity index (χ3v) is 4.36. The van der Waals surface area contributed by atoms with Gasteiger partial charge in [-0.2, -0.15) is 22.7 Å². The van der Waals surface area contributed by atoms with E-state index in [0.717, 1.165) is 18.2 Å². The molecule has 2 N–H and O–H groups in total. The largest absolute Gasteiger partial charge is 0.417 e. The summed E-state index contributed by atoms with van der Waals surface area (Å²) < 4.78 is 68.9.